The van der Waals surface area contributed by atoms with Gasteiger partial charge in [0.25, 0.3) is 11.2 Å². The number of para-hydroxylation sites is 2. The van der Waals surface area contributed by atoms with Gasteiger partial charge in [-0.25, -0.2) is 9.37 Å². The number of thioether (sulfide) groups is 1. The molecule has 10 heteroatoms. The Morgan fingerprint density at radius 3 is 2.64 bits per heavy atom. The van der Waals surface area contributed by atoms with Gasteiger partial charge in [-0.15, -0.1) is 0 Å². The van der Waals surface area contributed by atoms with E-state index < -0.39 is 16.6 Å². The quantitative estimate of drug-likeness (QED) is 0.195. The minimum atomic E-state index is -0.792. The molecule has 0 unspecified atom stereocenters. The van der Waals surface area contributed by atoms with Crippen molar-refractivity contribution in [3.63, 3.8) is 0 Å². The van der Waals surface area contributed by atoms with E-state index in [4.69, 9.17) is 0 Å². The Bertz CT molecular complexity index is 1450. The lowest BCUT2D eigenvalue weighted by molar-refractivity contribution is -0.384. The molecule has 0 saturated heterocycles. The van der Waals surface area contributed by atoms with Crippen LogP contribution in [0, 0.1) is 22.9 Å². The SMILES string of the molecule is Cc1ccccc1-n1c(SCC(=O)Nc2cc([N+](=O)[O-])ccc2F)nc2ccccc2c1=O. The third kappa shape index (κ3) is 4.60. The van der Waals surface area contributed by atoms with Crippen molar-refractivity contribution in [3.8, 4) is 5.69 Å². The Morgan fingerprint density at radius 1 is 1.15 bits per heavy atom. The molecular formula is C23H17FN4O4S. The van der Waals surface area contributed by atoms with Crippen LogP contribution in [0.25, 0.3) is 16.6 Å². The Balaban J connectivity index is 1.66. The number of nitrogens with zero attached hydrogens (tertiary/aromatic N) is 3. The van der Waals surface area contributed by atoms with Gasteiger partial charge in [0, 0.05) is 12.1 Å². The first-order valence-corrected chi connectivity index (χ1v) is 10.8. The third-order valence-electron chi connectivity index (χ3n) is 4.87. The Kier molecular flexibility index (Phi) is 6.18. The van der Waals surface area contributed by atoms with Crippen molar-refractivity contribution in [2.45, 2.75) is 12.1 Å². The predicted molar refractivity (Wildman–Crippen MR) is 124 cm³/mol. The van der Waals surface area contributed by atoms with Crippen molar-refractivity contribution >= 4 is 39.9 Å². The number of nitro groups is 1. The van der Waals surface area contributed by atoms with Crippen LogP contribution in [0.3, 0.4) is 0 Å². The number of fused-ring (bicyclic) bond motifs is 1. The van der Waals surface area contributed by atoms with Gasteiger partial charge in [-0.05, 0) is 36.8 Å². The molecule has 0 spiro atoms. The second-order valence-electron chi connectivity index (χ2n) is 7.10. The van der Waals surface area contributed by atoms with Gasteiger partial charge in [0.1, 0.15) is 5.82 Å². The number of nitro benzene ring substituents is 1. The smallest absolute Gasteiger partial charge is 0.271 e. The van der Waals surface area contributed by atoms with Crippen molar-refractivity contribution in [3.05, 3.63) is 98.6 Å². The van der Waals surface area contributed by atoms with Gasteiger partial charge in [-0.2, -0.15) is 0 Å². The van der Waals surface area contributed by atoms with E-state index >= 15 is 0 Å². The molecule has 0 aliphatic rings. The molecule has 3 aromatic carbocycles. The van der Waals surface area contributed by atoms with Crippen LogP contribution in [0.2, 0.25) is 0 Å². The van der Waals surface area contributed by atoms with Crippen molar-refractivity contribution in [1.29, 1.82) is 0 Å². The lowest BCUT2D eigenvalue weighted by Crippen LogP contribution is -2.23. The number of aryl methyl sites for hydroxylation is 1. The number of nitrogens with one attached hydrogen (secondary N) is 1. The lowest BCUT2D eigenvalue weighted by Gasteiger charge is -2.15. The van der Waals surface area contributed by atoms with Crippen LogP contribution in [-0.4, -0.2) is 26.1 Å². The highest BCUT2D eigenvalue weighted by atomic mass is 32.2. The number of halogens is 1. The summed E-state index contributed by atoms with van der Waals surface area (Å²) in [5.41, 5.74) is 1.05. The van der Waals surface area contributed by atoms with Crippen LogP contribution in [0.15, 0.2) is 76.7 Å². The normalized spacial score (nSPS) is 10.8. The number of amides is 1. The molecule has 8 nitrogen and oxygen atoms in total. The van der Waals surface area contributed by atoms with E-state index in [1.807, 2.05) is 19.1 Å². The van der Waals surface area contributed by atoms with Gasteiger partial charge in [-0.1, -0.05) is 42.1 Å². The highest BCUT2D eigenvalue weighted by Gasteiger charge is 2.17. The number of hydrogen-bond acceptors (Lipinski definition) is 6. The molecule has 4 aromatic rings. The molecule has 4 rings (SSSR count). The summed E-state index contributed by atoms with van der Waals surface area (Å²) >= 11 is 1.01. The summed E-state index contributed by atoms with van der Waals surface area (Å²) in [7, 11) is 0. The zero-order valence-electron chi connectivity index (χ0n) is 17.3. The molecule has 0 aliphatic heterocycles. The fraction of sp³-hybridized carbons (Fsp3) is 0.0870. The number of aromatic nitrogens is 2. The molecule has 1 amide bonds. The number of hydrogen-bond donors (Lipinski definition) is 1. The molecule has 1 aromatic heterocycles. The topological polar surface area (TPSA) is 107 Å². The monoisotopic (exact) mass is 464 g/mol. The number of rotatable bonds is 6. The van der Waals surface area contributed by atoms with Crippen LogP contribution in [0.4, 0.5) is 15.8 Å². The van der Waals surface area contributed by atoms with E-state index in [0.29, 0.717) is 21.7 Å². The maximum Gasteiger partial charge on any atom is 0.271 e. The zero-order chi connectivity index (χ0) is 23.5. The first-order chi connectivity index (χ1) is 15.8. The molecule has 1 N–H and O–H groups in total. The molecule has 0 fully saturated rings. The van der Waals surface area contributed by atoms with E-state index in [1.165, 1.54) is 4.57 Å². The first kappa shape index (κ1) is 22.2. The predicted octanol–water partition coefficient (Wildman–Crippen LogP) is 4.47. The average molecular weight is 464 g/mol. The Hall–Kier alpha value is -4.05. The summed E-state index contributed by atoms with van der Waals surface area (Å²) in [4.78, 5) is 40.6. The summed E-state index contributed by atoms with van der Waals surface area (Å²) in [6.45, 7) is 1.86. The van der Waals surface area contributed by atoms with Crippen LogP contribution in [-0.2, 0) is 4.79 Å². The van der Waals surface area contributed by atoms with Gasteiger partial charge in [0.15, 0.2) is 5.16 Å². The fourth-order valence-electron chi connectivity index (χ4n) is 3.27. The Morgan fingerprint density at radius 2 is 1.88 bits per heavy atom. The molecule has 33 heavy (non-hydrogen) atoms. The van der Waals surface area contributed by atoms with Crippen molar-refractivity contribution in [1.82, 2.24) is 9.55 Å². The average Bonchev–Trinajstić information content (AvgIpc) is 2.80. The standard InChI is InChI=1S/C23H17FN4O4S/c1-14-6-2-5-9-20(14)27-22(30)16-7-3-4-8-18(16)26-23(27)33-13-21(29)25-19-12-15(28(31)32)10-11-17(19)24/h2-12H,13H2,1H3,(H,25,29). The summed E-state index contributed by atoms with van der Waals surface area (Å²) in [6, 6.07) is 17.1. The van der Waals surface area contributed by atoms with E-state index in [0.717, 1.165) is 35.5 Å². The molecule has 0 aliphatic carbocycles. The van der Waals surface area contributed by atoms with Crippen LogP contribution >= 0.6 is 11.8 Å². The maximum atomic E-state index is 14.0. The van der Waals surface area contributed by atoms with Gasteiger partial charge >= 0.3 is 0 Å². The number of anilines is 1. The largest absolute Gasteiger partial charge is 0.323 e. The molecule has 0 atom stereocenters. The molecule has 166 valence electrons. The fourth-order valence-corrected chi connectivity index (χ4v) is 4.08. The van der Waals surface area contributed by atoms with E-state index in [-0.39, 0.29) is 22.7 Å². The van der Waals surface area contributed by atoms with Crippen LogP contribution < -0.4 is 10.9 Å². The molecule has 1 heterocycles. The summed E-state index contributed by atoms with van der Waals surface area (Å²) in [6.07, 6.45) is 0. The number of carbonyl (C=O) groups excluding carboxylic acids is 1. The van der Waals surface area contributed by atoms with Crippen LogP contribution in [0.5, 0.6) is 0 Å². The molecular weight excluding hydrogens is 447 g/mol. The van der Waals surface area contributed by atoms with Gasteiger partial charge in [0.05, 0.1) is 33.0 Å². The Labute approximate surface area is 191 Å². The highest BCUT2D eigenvalue weighted by Crippen LogP contribution is 2.25. The highest BCUT2D eigenvalue weighted by molar-refractivity contribution is 7.99. The van der Waals surface area contributed by atoms with Crippen molar-refractivity contribution < 1.29 is 14.1 Å². The van der Waals surface area contributed by atoms with Crippen LogP contribution in [0.1, 0.15) is 5.56 Å². The van der Waals surface area contributed by atoms with Gasteiger partial charge in [0.2, 0.25) is 5.91 Å². The molecule has 0 radical (unpaired) electrons. The van der Waals surface area contributed by atoms with E-state index in [9.17, 15) is 24.1 Å². The van der Waals surface area contributed by atoms with Gasteiger partial charge < -0.3 is 5.32 Å². The first-order valence-electron chi connectivity index (χ1n) is 9.79. The minimum Gasteiger partial charge on any atom is -0.323 e. The van der Waals surface area contributed by atoms with Crippen molar-refractivity contribution in [2.75, 3.05) is 11.1 Å². The lowest BCUT2D eigenvalue weighted by atomic mass is 10.2. The second-order valence-corrected chi connectivity index (χ2v) is 8.04. The second kappa shape index (κ2) is 9.21. The number of non-ortho nitro benzene ring substituents is 1. The van der Waals surface area contributed by atoms with E-state index in [1.54, 1.807) is 36.4 Å². The van der Waals surface area contributed by atoms with E-state index in [2.05, 4.69) is 10.3 Å². The number of carbonyl (C=O) groups is 1. The molecule has 0 bridgehead atoms. The summed E-state index contributed by atoms with van der Waals surface area (Å²) in [5, 5.41) is 14.0. The number of benzene rings is 3. The van der Waals surface area contributed by atoms with Crippen molar-refractivity contribution in [2.24, 2.45) is 0 Å². The summed E-state index contributed by atoms with van der Waals surface area (Å²) in [5.74, 6) is -1.59. The summed E-state index contributed by atoms with van der Waals surface area (Å²) < 4.78 is 15.5. The zero-order valence-corrected chi connectivity index (χ0v) is 18.1. The molecule has 0 saturated carbocycles. The third-order valence-corrected chi connectivity index (χ3v) is 5.81. The van der Waals surface area contributed by atoms with Gasteiger partial charge in [-0.3, -0.25) is 24.3 Å². The minimum absolute atomic E-state index is 0.196. The maximum absolute atomic E-state index is 14.0.